The van der Waals surface area contributed by atoms with Crippen LogP contribution in [-0.2, 0) is 9.53 Å². The van der Waals surface area contributed by atoms with E-state index in [1.807, 2.05) is 32.9 Å². The van der Waals surface area contributed by atoms with E-state index in [4.69, 9.17) is 4.74 Å². The molecule has 1 unspecified atom stereocenters. The summed E-state index contributed by atoms with van der Waals surface area (Å²) in [6.07, 6.45) is 0. The molecule has 4 heteroatoms. The van der Waals surface area contributed by atoms with E-state index >= 15 is 0 Å². The predicted molar refractivity (Wildman–Crippen MR) is 73.9 cm³/mol. The fraction of sp³-hybridized carbons (Fsp3) is 0.500. The molecule has 0 bridgehead atoms. The molecule has 100 valence electrons. The van der Waals surface area contributed by atoms with Crippen LogP contribution in [0.4, 0.5) is 5.69 Å². The number of ether oxygens (including phenoxy) is 1. The average Bonchev–Trinajstić information content (AvgIpc) is 2.27. The minimum atomic E-state index is -0.261. The number of amides is 1. The smallest absolute Gasteiger partial charge is 0.242 e. The van der Waals surface area contributed by atoms with Gasteiger partial charge in [-0.3, -0.25) is 4.79 Å². The lowest BCUT2D eigenvalue weighted by atomic mass is 10.1. The van der Waals surface area contributed by atoms with Gasteiger partial charge in [-0.2, -0.15) is 0 Å². The van der Waals surface area contributed by atoms with Crippen LogP contribution in [0.15, 0.2) is 18.2 Å². The Bertz CT molecular complexity index is 385. The summed E-state index contributed by atoms with van der Waals surface area (Å²) in [4.78, 5) is 11.8. The topological polar surface area (TPSA) is 50.4 Å². The van der Waals surface area contributed by atoms with Crippen LogP contribution in [0.2, 0.25) is 0 Å². The van der Waals surface area contributed by atoms with Gasteiger partial charge < -0.3 is 15.4 Å². The molecule has 1 atom stereocenters. The van der Waals surface area contributed by atoms with Crippen molar-refractivity contribution in [1.82, 2.24) is 5.32 Å². The SMILES string of the molecule is COCCNC(=O)C(C)Nc1cc(C)cc(C)c1. The Balaban J connectivity index is 2.52. The molecule has 0 aliphatic rings. The molecule has 0 aliphatic heterocycles. The van der Waals surface area contributed by atoms with Gasteiger partial charge in [0, 0.05) is 19.3 Å². The Hall–Kier alpha value is -1.55. The molecule has 2 N–H and O–H groups in total. The zero-order valence-electron chi connectivity index (χ0n) is 11.5. The third-order valence-corrected chi connectivity index (χ3v) is 2.60. The summed E-state index contributed by atoms with van der Waals surface area (Å²) in [6, 6.07) is 5.91. The number of carbonyl (C=O) groups is 1. The zero-order chi connectivity index (χ0) is 13.5. The van der Waals surface area contributed by atoms with E-state index in [-0.39, 0.29) is 11.9 Å². The van der Waals surface area contributed by atoms with Gasteiger partial charge in [-0.1, -0.05) is 6.07 Å². The number of rotatable bonds is 6. The van der Waals surface area contributed by atoms with Gasteiger partial charge in [-0.25, -0.2) is 0 Å². The van der Waals surface area contributed by atoms with Gasteiger partial charge in [0.05, 0.1) is 6.61 Å². The van der Waals surface area contributed by atoms with Crippen molar-refractivity contribution in [3.05, 3.63) is 29.3 Å². The Labute approximate surface area is 109 Å². The minimum absolute atomic E-state index is 0.0220. The first-order chi connectivity index (χ1) is 8.52. The zero-order valence-corrected chi connectivity index (χ0v) is 11.5. The van der Waals surface area contributed by atoms with E-state index in [9.17, 15) is 4.79 Å². The second-order valence-electron chi connectivity index (χ2n) is 4.53. The van der Waals surface area contributed by atoms with Crippen LogP contribution in [0.5, 0.6) is 0 Å². The lowest BCUT2D eigenvalue weighted by molar-refractivity contribution is -0.121. The number of aryl methyl sites for hydroxylation is 2. The van der Waals surface area contributed by atoms with Crippen molar-refractivity contribution >= 4 is 11.6 Å². The Morgan fingerprint density at radius 2 is 1.89 bits per heavy atom. The summed E-state index contributed by atoms with van der Waals surface area (Å²) in [5, 5.41) is 6.00. The summed E-state index contributed by atoms with van der Waals surface area (Å²) < 4.78 is 4.89. The number of carbonyl (C=O) groups excluding carboxylic acids is 1. The van der Waals surface area contributed by atoms with Crippen LogP contribution in [0, 0.1) is 13.8 Å². The standard InChI is InChI=1S/C14H22N2O2/c1-10-7-11(2)9-13(8-10)16-12(3)14(17)15-5-6-18-4/h7-9,12,16H,5-6H2,1-4H3,(H,15,17). The molecule has 0 heterocycles. The molecule has 0 radical (unpaired) electrons. The van der Waals surface area contributed by atoms with Gasteiger partial charge in [-0.05, 0) is 44.0 Å². The van der Waals surface area contributed by atoms with E-state index in [0.29, 0.717) is 13.2 Å². The number of hydrogen-bond donors (Lipinski definition) is 2. The van der Waals surface area contributed by atoms with Crippen molar-refractivity contribution in [3.8, 4) is 0 Å². The molecule has 0 aliphatic carbocycles. The summed E-state index contributed by atoms with van der Waals surface area (Å²) in [7, 11) is 1.61. The highest BCUT2D eigenvalue weighted by Crippen LogP contribution is 2.14. The van der Waals surface area contributed by atoms with E-state index in [1.165, 1.54) is 11.1 Å². The van der Waals surface area contributed by atoms with Gasteiger partial charge in [-0.15, -0.1) is 0 Å². The van der Waals surface area contributed by atoms with Crippen LogP contribution in [0.3, 0.4) is 0 Å². The van der Waals surface area contributed by atoms with Gasteiger partial charge >= 0.3 is 0 Å². The molecule has 0 saturated carbocycles. The van der Waals surface area contributed by atoms with Crippen LogP contribution < -0.4 is 10.6 Å². The number of nitrogens with one attached hydrogen (secondary N) is 2. The molecule has 0 spiro atoms. The van der Waals surface area contributed by atoms with E-state index in [0.717, 1.165) is 5.69 Å². The van der Waals surface area contributed by atoms with Crippen molar-refractivity contribution < 1.29 is 9.53 Å². The molecule has 1 aromatic carbocycles. The van der Waals surface area contributed by atoms with E-state index in [2.05, 4.69) is 16.7 Å². The molecule has 0 fully saturated rings. The quantitative estimate of drug-likeness (QED) is 0.758. The van der Waals surface area contributed by atoms with Crippen LogP contribution >= 0.6 is 0 Å². The monoisotopic (exact) mass is 250 g/mol. The first-order valence-corrected chi connectivity index (χ1v) is 6.14. The second-order valence-corrected chi connectivity index (χ2v) is 4.53. The van der Waals surface area contributed by atoms with Gasteiger partial charge in [0.25, 0.3) is 0 Å². The van der Waals surface area contributed by atoms with Crippen LogP contribution in [-0.4, -0.2) is 32.2 Å². The molecule has 1 rings (SSSR count). The third kappa shape index (κ3) is 4.75. The molecule has 18 heavy (non-hydrogen) atoms. The molecule has 1 aromatic rings. The number of hydrogen-bond acceptors (Lipinski definition) is 3. The lowest BCUT2D eigenvalue weighted by Crippen LogP contribution is -2.39. The maximum atomic E-state index is 11.8. The summed E-state index contributed by atoms with van der Waals surface area (Å²) in [6.45, 7) is 7.00. The largest absolute Gasteiger partial charge is 0.383 e. The fourth-order valence-corrected chi connectivity index (χ4v) is 1.80. The predicted octanol–water partition coefficient (Wildman–Crippen LogP) is 1.87. The van der Waals surface area contributed by atoms with Gasteiger partial charge in [0.1, 0.15) is 6.04 Å². The van der Waals surface area contributed by atoms with Crippen molar-refractivity contribution in [2.24, 2.45) is 0 Å². The molecular formula is C14H22N2O2. The first kappa shape index (κ1) is 14.5. The first-order valence-electron chi connectivity index (χ1n) is 6.14. The van der Waals surface area contributed by atoms with Crippen molar-refractivity contribution in [3.63, 3.8) is 0 Å². The van der Waals surface area contributed by atoms with Crippen molar-refractivity contribution in [1.29, 1.82) is 0 Å². The third-order valence-electron chi connectivity index (χ3n) is 2.60. The number of benzene rings is 1. The van der Waals surface area contributed by atoms with Crippen molar-refractivity contribution in [2.45, 2.75) is 26.8 Å². The van der Waals surface area contributed by atoms with Crippen LogP contribution in [0.25, 0.3) is 0 Å². The number of anilines is 1. The Kier molecular flexibility index (Phi) is 5.65. The van der Waals surface area contributed by atoms with E-state index < -0.39 is 0 Å². The number of methoxy groups -OCH3 is 1. The Morgan fingerprint density at radius 1 is 1.28 bits per heavy atom. The molecule has 0 saturated heterocycles. The summed E-state index contributed by atoms with van der Waals surface area (Å²) >= 11 is 0. The highest BCUT2D eigenvalue weighted by molar-refractivity contribution is 5.84. The average molecular weight is 250 g/mol. The fourth-order valence-electron chi connectivity index (χ4n) is 1.80. The molecular weight excluding hydrogens is 228 g/mol. The van der Waals surface area contributed by atoms with Crippen LogP contribution in [0.1, 0.15) is 18.1 Å². The molecule has 0 aromatic heterocycles. The maximum Gasteiger partial charge on any atom is 0.242 e. The van der Waals surface area contributed by atoms with Gasteiger partial charge in [0.2, 0.25) is 5.91 Å². The summed E-state index contributed by atoms with van der Waals surface area (Å²) in [5.41, 5.74) is 3.34. The highest BCUT2D eigenvalue weighted by atomic mass is 16.5. The van der Waals surface area contributed by atoms with Crippen molar-refractivity contribution in [2.75, 3.05) is 25.6 Å². The summed E-state index contributed by atoms with van der Waals surface area (Å²) in [5.74, 6) is -0.0220. The van der Waals surface area contributed by atoms with Gasteiger partial charge in [0.15, 0.2) is 0 Å². The second kappa shape index (κ2) is 7.01. The van der Waals surface area contributed by atoms with E-state index in [1.54, 1.807) is 7.11 Å². The molecule has 1 amide bonds. The highest BCUT2D eigenvalue weighted by Gasteiger charge is 2.11. The lowest BCUT2D eigenvalue weighted by Gasteiger charge is -2.16. The Morgan fingerprint density at radius 3 is 2.44 bits per heavy atom. The minimum Gasteiger partial charge on any atom is -0.383 e. The maximum absolute atomic E-state index is 11.8. The normalized spacial score (nSPS) is 12.0. The molecule has 4 nitrogen and oxygen atoms in total.